The average Bonchev–Trinajstić information content (AvgIpc) is 3.05. The second-order valence-electron chi connectivity index (χ2n) is 5.58. The van der Waals surface area contributed by atoms with Gasteiger partial charge in [0, 0.05) is 42.5 Å². The number of sulfone groups is 1. The van der Waals surface area contributed by atoms with Gasteiger partial charge in [0.2, 0.25) is 9.84 Å². The lowest BCUT2D eigenvalue weighted by atomic mass is 10.3. The van der Waals surface area contributed by atoms with E-state index in [0.717, 1.165) is 17.5 Å². The monoisotopic (exact) mass is 423 g/mol. The van der Waals surface area contributed by atoms with E-state index in [0.29, 0.717) is 28.4 Å². The Balaban J connectivity index is 1.96. The maximum Gasteiger partial charge on any atom is 0.202 e. The Kier molecular flexibility index (Phi) is 5.75. The van der Waals surface area contributed by atoms with Gasteiger partial charge in [0.25, 0.3) is 0 Å². The molecule has 7 nitrogen and oxygen atoms in total. The molecule has 0 aliphatic rings. The quantitative estimate of drug-likeness (QED) is 0.369. The molecule has 0 saturated heterocycles. The van der Waals surface area contributed by atoms with Gasteiger partial charge in [-0.3, -0.25) is 4.68 Å². The number of nitrogens with zero attached hydrogens (tertiary/aromatic N) is 4. The van der Waals surface area contributed by atoms with Crippen molar-refractivity contribution in [2.24, 2.45) is 7.05 Å². The number of halogens is 2. The first-order valence-electron chi connectivity index (χ1n) is 7.84. The molecule has 0 bridgehead atoms. The molecule has 3 aromatic rings. The van der Waals surface area contributed by atoms with Crippen molar-refractivity contribution in [1.82, 2.24) is 19.7 Å². The van der Waals surface area contributed by atoms with E-state index in [1.165, 1.54) is 24.0 Å². The number of aryl methyl sites for hydroxylation is 1. The zero-order valence-electron chi connectivity index (χ0n) is 14.8. The fourth-order valence-corrected chi connectivity index (χ4v) is 3.64. The highest BCUT2D eigenvalue weighted by atomic mass is 32.2. The van der Waals surface area contributed by atoms with E-state index in [1.54, 1.807) is 30.2 Å². The smallest absolute Gasteiger partial charge is 0.202 e. The molecular weight excluding hydrogens is 408 g/mol. The van der Waals surface area contributed by atoms with Gasteiger partial charge in [-0.1, -0.05) is 11.8 Å². The van der Waals surface area contributed by atoms with Gasteiger partial charge in [-0.15, -0.1) is 0 Å². The molecule has 0 spiro atoms. The van der Waals surface area contributed by atoms with Crippen molar-refractivity contribution in [3.63, 3.8) is 0 Å². The van der Waals surface area contributed by atoms with Crippen molar-refractivity contribution in [3.05, 3.63) is 59.3 Å². The van der Waals surface area contributed by atoms with Crippen LogP contribution in [0.5, 0.6) is 0 Å². The third-order valence-electron chi connectivity index (χ3n) is 3.56. The Morgan fingerprint density at radius 3 is 2.68 bits per heavy atom. The SMILES string of the molecule is CSc1ncc(/C=C/S(=O)(=O)c2ccc(F)cc2F)c(Nc2ccn(C)n2)n1. The third-order valence-corrected chi connectivity index (χ3v) is 5.57. The van der Waals surface area contributed by atoms with Crippen molar-refractivity contribution in [3.8, 4) is 0 Å². The number of aromatic nitrogens is 4. The summed E-state index contributed by atoms with van der Waals surface area (Å²) >= 11 is 1.32. The van der Waals surface area contributed by atoms with E-state index < -0.39 is 26.4 Å². The Bertz CT molecular complexity index is 1150. The second kappa shape index (κ2) is 8.07. The number of thioether (sulfide) groups is 1. The second-order valence-corrected chi connectivity index (χ2v) is 8.16. The van der Waals surface area contributed by atoms with Crippen LogP contribution in [0.4, 0.5) is 20.4 Å². The predicted molar refractivity (Wildman–Crippen MR) is 103 cm³/mol. The molecule has 0 saturated carbocycles. The highest BCUT2D eigenvalue weighted by Gasteiger charge is 2.17. The summed E-state index contributed by atoms with van der Waals surface area (Å²) in [5.74, 6) is -1.17. The number of rotatable bonds is 6. The Morgan fingerprint density at radius 2 is 2.04 bits per heavy atom. The summed E-state index contributed by atoms with van der Waals surface area (Å²) in [5.41, 5.74) is 0.356. The van der Waals surface area contributed by atoms with Crippen LogP contribution in [0.3, 0.4) is 0 Å². The first-order valence-corrected chi connectivity index (χ1v) is 10.6. The predicted octanol–water partition coefficient (Wildman–Crippen LogP) is 3.40. The molecule has 0 radical (unpaired) electrons. The van der Waals surface area contributed by atoms with E-state index in [4.69, 9.17) is 0 Å². The van der Waals surface area contributed by atoms with Gasteiger partial charge in [0.15, 0.2) is 11.0 Å². The standard InChI is InChI=1S/C17H15F2N5O2S2/c1-24-7-5-15(23-24)21-16-11(10-20-17(22-16)27-2)6-8-28(25,26)14-4-3-12(18)9-13(14)19/h3-10H,1-2H3,(H,20,21,22,23)/b8-6+. The molecular formula is C17H15F2N5O2S2. The number of anilines is 2. The van der Waals surface area contributed by atoms with E-state index in [-0.39, 0.29) is 0 Å². The van der Waals surface area contributed by atoms with Crippen LogP contribution < -0.4 is 5.32 Å². The largest absolute Gasteiger partial charge is 0.323 e. The third kappa shape index (κ3) is 4.54. The van der Waals surface area contributed by atoms with Crippen LogP contribution >= 0.6 is 11.8 Å². The number of hydrogen-bond acceptors (Lipinski definition) is 7. The van der Waals surface area contributed by atoms with Crippen molar-refractivity contribution in [1.29, 1.82) is 0 Å². The topological polar surface area (TPSA) is 89.8 Å². The number of benzene rings is 1. The summed E-state index contributed by atoms with van der Waals surface area (Å²) in [6.45, 7) is 0. The Hall–Kier alpha value is -2.79. The molecule has 0 amide bonds. The van der Waals surface area contributed by atoms with Gasteiger partial charge in [0.05, 0.1) is 0 Å². The zero-order valence-corrected chi connectivity index (χ0v) is 16.4. The first kappa shape index (κ1) is 20.0. The van der Waals surface area contributed by atoms with Gasteiger partial charge < -0.3 is 5.32 Å². The highest BCUT2D eigenvalue weighted by Crippen LogP contribution is 2.23. The van der Waals surface area contributed by atoms with Crippen molar-refractivity contribution >= 4 is 39.3 Å². The van der Waals surface area contributed by atoms with Crippen molar-refractivity contribution < 1.29 is 17.2 Å². The van der Waals surface area contributed by atoms with Gasteiger partial charge in [-0.05, 0) is 24.5 Å². The molecule has 11 heteroatoms. The molecule has 1 aromatic carbocycles. The molecule has 28 heavy (non-hydrogen) atoms. The molecule has 0 unspecified atom stereocenters. The summed E-state index contributed by atoms with van der Waals surface area (Å²) in [6.07, 6.45) is 6.22. The number of nitrogens with one attached hydrogen (secondary N) is 1. The lowest BCUT2D eigenvalue weighted by Crippen LogP contribution is -2.02. The lowest BCUT2D eigenvalue weighted by molar-refractivity contribution is 0.552. The minimum atomic E-state index is -4.14. The Morgan fingerprint density at radius 1 is 1.25 bits per heavy atom. The van der Waals surface area contributed by atoms with Gasteiger partial charge in [0.1, 0.15) is 22.3 Å². The molecule has 146 valence electrons. The van der Waals surface area contributed by atoms with Crippen LogP contribution in [0.2, 0.25) is 0 Å². The van der Waals surface area contributed by atoms with Crippen LogP contribution in [0.1, 0.15) is 5.56 Å². The summed E-state index contributed by atoms with van der Waals surface area (Å²) in [6, 6.07) is 4.00. The van der Waals surface area contributed by atoms with Crippen LogP contribution in [-0.2, 0) is 16.9 Å². The fourth-order valence-electron chi connectivity index (χ4n) is 2.24. The Labute approximate surface area is 164 Å². The molecule has 0 aliphatic heterocycles. The fraction of sp³-hybridized carbons (Fsp3) is 0.118. The summed E-state index contributed by atoms with van der Waals surface area (Å²) in [5, 5.41) is 8.49. The molecule has 0 atom stereocenters. The molecule has 0 fully saturated rings. The average molecular weight is 423 g/mol. The van der Waals surface area contributed by atoms with Crippen molar-refractivity contribution in [2.75, 3.05) is 11.6 Å². The molecule has 2 heterocycles. The highest BCUT2D eigenvalue weighted by molar-refractivity contribution is 7.98. The molecule has 2 aromatic heterocycles. The molecule has 3 rings (SSSR count). The van der Waals surface area contributed by atoms with E-state index in [1.807, 2.05) is 0 Å². The molecule has 0 aliphatic carbocycles. The minimum Gasteiger partial charge on any atom is -0.323 e. The minimum absolute atomic E-state index is 0.337. The maximum atomic E-state index is 13.8. The van der Waals surface area contributed by atoms with E-state index in [9.17, 15) is 17.2 Å². The van der Waals surface area contributed by atoms with Crippen LogP contribution in [0, 0.1) is 11.6 Å². The van der Waals surface area contributed by atoms with Crippen LogP contribution in [-0.4, -0.2) is 34.4 Å². The summed E-state index contributed by atoms with van der Waals surface area (Å²) < 4.78 is 53.3. The maximum absolute atomic E-state index is 13.8. The first-order chi connectivity index (χ1) is 13.3. The van der Waals surface area contributed by atoms with E-state index in [2.05, 4.69) is 20.4 Å². The zero-order chi connectivity index (χ0) is 20.3. The van der Waals surface area contributed by atoms with Gasteiger partial charge >= 0.3 is 0 Å². The summed E-state index contributed by atoms with van der Waals surface area (Å²) in [4.78, 5) is 7.82. The van der Waals surface area contributed by atoms with Crippen LogP contribution in [0.15, 0.2) is 52.1 Å². The summed E-state index contributed by atoms with van der Waals surface area (Å²) in [7, 11) is -2.38. The van der Waals surface area contributed by atoms with Crippen molar-refractivity contribution in [2.45, 2.75) is 10.1 Å². The van der Waals surface area contributed by atoms with Gasteiger partial charge in [-0.2, -0.15) is 5.10 Å². The number of hydrogen-bond donors (Lipinski definition) is 1. The van der Waals surface area contributed by atoms with Gasteiger partial charge in [-0.25, -0.2) is 27.2 Å². The normalized spacial score (nSPS) is 11.9. The lowest BCUT2D eigenvalue weighted by Gasteiger charge is -2.07. The van der Waals surface area contributed by atoms with E-state index >= 15 is 0 Å². The van der Waals surface area contributed by atoms with Crippen LogP contribution in [0.25, 0.3) is 6.08 Å². The molecule has 1 N–H and O–H groups in total.